The second-order valence-corrected chi connectivity index (χ2v) is 5.19. The summed E-state index contributed by atoms with van der Waals surface area (Å²) in [6.45, 7) is 6.04. The van der Waals surface area contributed by atoms with Crippen molar-refractivity contribution in [3.8, 4) is 0 Å². The van der Waals surface area contributed by atoms with Gasteiger partial charge in [-0.1, -0.05) is 31.2 Å². The molecule has 21 heavy (non-hydrogen) atoms. The second-order valence-electron chi connectivity index (χ2n) is 5.19. The fourth-order valence-corrected chi connectivity index (χ4v) is 2.09. The third-order valence-electron chi connectivity index (χ3n) is 3.62. The smallest absolute Gasteiger partial charge is 0.323 e. The fraction of sp³-hybridized carbons (Fsp3) is 0.500. The second kappa shape index (κ2) is 8.29. The Kier molecular flexibility index (Phi) is 6.72. The number of amides is 2. The first-order valence-corrected chi connectivity index (χ1v) is 7.26. The summed E-state index contributed by atoms with van der Waals surface area (Å²) in [5.74, 6) is -0.996. The van der Waals surface area contributed by atoms with Gasteiger partial charge >= 0.3 is 12.0 Å². The highest BCUT2D eigenvalue weighted by molar-refractivity contribution is 5.80. The predicted octanol–water partition coefficient (Wildman–Crippen LogP) is 2.43. The lowest BCUT2D eigenvalue weighted by Gasteiger charge is -2.27. The maximum absolute atomic E-state index is 12.1. The van der Waals surface area contributed by atoms with E-state index in [-0.39, 0.29) is 18.6 Å². The molecule has 2 amide bonds. The van der Waals surface area contributed by atoms with Crippen LogP contribution in [0.4, 0.5) is 4.79 Å². The number of carbonyl (C=O) groups excluding carboxylic acids is 1. The summed E-state index contributed by atoms with van der Waals surface area (Å²) in [6.07, 6.45) is 1.46. The molecule has 1 atom stereocenters. The van der Waals surface area contributed by atoms with E-state index in [1.54, 1.807) is 0 Å². The lowest BCUT2D eigenvalue weighted by Crippen LogP contribution is -2.47. The van der Waals surface area contributed by atoms with Gasteiger partial charge in [-0.25, -0.2) is 4.79 Å². The van der Waals surface area contributed by atoms with Gasteiger partial charge in [0.15, 0.2) is 0 Å². The van der Waals surface area contributed by atoms with Crippen molar-refractivity contribution in [2.24, 2.45) is 0 Å². The number of rotatable bonds is 7. The quantitative estimate of drug-likeness (QED) is 0.811. The number of carbonyl (C=O) groups is 2. The predicted molar refractivity (Wildman–Crippen MR) is 82.4 cm³/mol. The Bertz CT molecular complexity index is 488. The molecule has 0 aliphatic rings. The van der Waals surface area contributed by atoms with Crippen LogP contribution in [0.5, 0.6) is 0 Å². The van der Waals surface area contributed by atoms with Crippen molar-refractivity contribution in [2.75, 3.05) is 13.1 Å². The molecule has 5 nitrogen and oxygen atoms in total. The van der Waals surface area contributed by atoms with E-state index < -0.39 is 5.97 Å². The van der Waals surface area contributed by atoms with Crippen LogP contribution in [0.3, 0.4) is 0 Å². The van der Waals surface area contributed by atoms with Gasteiger partial charge in [-0.15, -0.1) is 0 Å². The number of nitrogens with one attached hydrogen (secondary N) is 1. The van der Waals surface area contributed by atoms with Crippen LogP contribution >= 0.6 is 0 Å². The molecule has 0 aliphatic carbocycles. The van der Waals surface area contributed by atoms with E-state index in [0.717, 1.165) is 12.8 Å². The molecule has 0 saturated carbocycles. The Balaban J connectivity index is 2.54. The molecule has 1 aromatic carbocycles. The molecular weight excluding hydrogens is 268 g/mol. The van der Waals surface area contributed by atoms with E-state index in [1.807, 2.05) is 45.0 Å². The summed E-state index contributed by atoms with van der Waals surface area (Å²) in [5, 5.41) is 11.7. The van der Waals surface area contributed by atoms with Crippen LogP contribution in [0.2, 0.25) is 0 Å². The third-order valence-corrected chi connectivity index (χ3v) is 3.62. The number of urea groups is 1. The number of hydrogen-bond acceptors (Lipinski definition) is 2. The number of aliphatic carboxylic acids is 1. The maximum atomic E-state index is 12.1. The summed E-state index contributed by atoms with van der Waals surface area (Å²) in [6, 6.07) is 7.60. The van der Waals surface area contributed by atoms with Gasteiger partial charge in [0.1, 0.15) is 6.54 Å². The largest absolute Gasteiger partial charge is 0.480 e. The number of carboxylic acids is 1. The van der Waals surface area contributed by atoms with Crippen molar-refractivity contribution in [2.45, 2.75) is 39.7 Å². The minimum atomic E-state index is -0.996. The monoisotopic (exact) mass is 292 g/mol. The zero-order valence-corrected chi connectivity index (χ0v) is 12.9. The van der Waals surface area contributed by atoms with E-state index in [2.05, 4.69) is 5.32 Å². The first-order chi connectivity index (χ1) is 9.95. The molecule has 0 aliphatic heterocycles. The Morgan fingerprint density at radius 1 is 1.33 bits per heavy atom. The number of aryl methyl sites for hydroxylation is 1. The van der Waals surface area contributed by atoms with E-state index in [0.29, 0.717) is 6.54 Å². The van der Waals surface area contributed by atoms with Crippen LogP contribution in [-0.4, -0.2) is 41.1 Å². The van der Waals surface area contributed by atoms with Gasteiger partial charge in [0.05, 0.1) is 0 Å². The van der Waals surface area contributed by atoms with Gasteiger partial charge in [0.25, 0.3) is 0 Å². The molecule has 5 heteroatoms. The van der Waals surface area contributed by atoms with Crippen molar-refractivity contribution in [3.05, 3.63) is 35.4 Å². The van der Waals surface area contributed by atoms with E-state index in [1.165, 1.54) is 16.0 Å². The SMILES string of the molecule is CCC(C)N(CC(=O)O)C(=O)NCCc1ccccc1C. The molecule has 2 N–H and O–H groups in total. The number of carboxylic acid groups (broad SMARTS) is 1. The molecule has 116 valence electrons. The van der Waals surface area contributed by atoms with Crippen LogP contribution in [0.25, 0.3) is 0 Å². The van der Waals surface area contributed by atoms with Gasteiger partial charge < -0.3 is 15.3 Å². The summed E-state index contributed by atoms with van der Waals surface area (Å²) in [7, 11) is 0. The standard InChI is InChI=1S/C16H24N2O3/c1-4-13(3)18(11-15(19)20)16(21)17-10-9-14-8-6-5-7-12(14)2/h5-8,13H,4,9-11H2,1-3H3,(H,17,21)(H,19,20). The van der Waals surface area contributed by atoms with Crippen LogP contribution < -0.4 is 5.32 Å². The molecule has 0 heterocycles. The lowest BCUT2D eigenvalue weighted by atomic mass is 10.1. The van der Waals surface area contributed by atoms with Gasteiger partial charge in [-0.2, -0.15) is 0 Å². The van der Waals surface area contributed by atoms with Crippen molar-refractivity contribution < 1.29 is 14.7 Å². The molecule has 0 saturated heterocycles. The minimum absolute atomic E-state index is 0.0976. The molecule has 0 fully saturated rings. The van der Waals surface area contributed by atoms with Crippen molar-refractivity contribution in [1.82, 2.24) is 10.2 Å². The fourth-order valence-electron chi connectivity index (χ4n) is 2.09. The minimum Gasteiger partial charge on any atom is -0.480 e. The van der Waals surface area contributed by atoms with Crippen LogP contribution in [-0.2, 0) is 11.2 Å². The Labute approximate surface area is 126 Å². The highest BCUT2D eigenvalue weighted by Gasteiger charge is 2.21. The van der Waals surface area contributed by atoms with E-state index >= 15 is 0 Å². The molecule has 0 bridgehead atoms. The van der Waals surface area contributed by atoms with E-state index in [4.69, 9.17) is 5.11 Å². The van der Waals surface area contributed by atoms with Crippen LogP contribution in [0, 0.1) is 6.92 Å². The van der Waals surface area contributed by atoms with E-state index in [9.17, 15) is 9.59 Å². The van der Waals surface area contributed by atoms with Crippen molar-refractivity contribution >= 4 is 12.0 Å². The lowest BCUT2D eigenvalue weighted by molar-refractivity contribution is -0.138. The summed E-state index contributed by atoms with van der Waals surface area (Å²) in [4.78, 5) is 24.3. The zero-order valence-electron chi connectivity index (χ0n) is 12.9. The Morgan fingerprint density at radius 2 is 2.00 bits per heavy atom. The number of benzene rings is 1. The zero-order chi connectivity index (χ0) is 15.8. The number of hydrogen-bond donors (Lipinski definition) is 2. The molecule has 0 spiro atoms. The summed E-state index contributed by atoms with van der Waals surface area (Å²) in [5.41, 5.74) is 2.38. The third kappa shape index (κ3) is 5.45. The first kappa shape index (κ1) is 17.0. The summed E-state index contributed by atoms with van der Waals surface area (Å²) >= 11 is 0. The Hall–Kier alpha value is -2.04. The van der Waals surface area contributed by atoms with Gasteiger partial charge in [0.2, 0.25) is 0 Å². The number of nitrogens with zero attached hydrogens (tertiary/aromatic N) is 1. The molecule has 0 radical (unpaired) electrons. The van der Waals surface area contributed by atoms with Crippen LogP contribution in [0.1, 0.15) is 31.4 Å². The molecular formula is C16H24N2O3. The average molecular weight is 292 g/mol. The summed E-state index contributed by atoms with van der Waals surface area (Å²) < 4.78 is 0. The molecule has 1 rings (SSSR count). The van der Waals surface area contributed by atoms with Gasteiger partial charge in [-0.05, 0) is 37.8 Å². The maximum Gasteiger partial charge on any atom is 0.323 e. The Morgan fingerprint density at radius 3 is 2.57 bits per heavy atom. The van der Waals surface area contributed by atoms with Crippen molar-refractivity contribution in [3.63, 3.8) is 0 Å². The van der Waals surface area contributed by atoms with Gasteiger partial charge in [-0.3, -0.25) is 4.79 Å². The molecule has 1 unspecified atom stereocenters. The van der Waals surface area contributed by atoms with Crippen LogP contribution in [0.15, 0.2) is 24.3 Å². The topological polar surface area (TPSA) is 69.6 Å². The average Bonchev–Trinajstić information content (AvgIpc) is 2.45. The van der Waals surface area contributed by atoms with Crippen molar-refractivity contribution in [1.29, 1.82) is 0 Å². The normalized spacial score (nSPS) is 11.8. The highest BCUT2D eigenvalue weighted by Crippen LogP contribution is 2.07. The van der Waals surface area contributed by atoms with Gasteiger partial charge in [0, 0.05) is 12.6 Å². The molecule has 1 aromatic rings. The molecule has 0 aromatic heterocycles. The highest BCUT2D eigenvalue weighted by atomic mass is 16.4. The first-order valence-electron chi connectivity index (χ1n) is 7.26.